The van der Waals surface area contributed by atoms with E-state index >= 15 is 0 Å². The zero-order valence-corrected chi connectivity index (χ0v) is 10.6. The maximum atomic E-state index is 12.0. The van der Waals surface area contributed by atoms with Gasteiger partial charge in [-0.1, -0.05) is 12.1 Å². The summed E-state index contributed by atoms with van der Waals surface area (Å²) in [6, 6.07) is 5.97. The topological polar surface area (TPSA) is 105 Å². The lowest BCUT2D eigenvalue weighted by Gasteiger charge is -2.14. The predicted octanol–water partition coefficient (Wildman–Crippen LogP) is 0.367. The SMILES string of the molecule is O=C(O)COc1ccccc1NC(=O)[C@@H]1CCC(=O)N1. The van der Waals surface area contributed by atoms with Crippen LogP contribution in [0.25, 0.3) is 0 Å². The van der Waals surface area contributed by atoms with Crippen molar-refractivity contribution in [1.82, 2.24) is 5.32 Å². The smallest absolute Gasteiger partial charge is 0.341 e. The minimum absolute atomic E-state index is 0.152. The van der Waals surface area contributed by atoms with Gasteiger partial charge in [-0.15, -0.1) is 0 Å². The van der Waals surface area contributed by atoms with Gasteiger partial charge in [0.1, 0.15) is 11.8 Å². The Balaban J connectivity index is 2.03. The number of aliphatic carboxylic acids is 1. The number of para-hydroxylation sites is 2. The molecule has 2 rings (SSSR count). The Kier molecular flexibility index (Phi) is 4.19. The number of hydrogen-bond donors (Lipinski definition) is 3. The Bertz CT molecular complexity index is 543. The zero-order chi connectivity index (χ0) is 14.5. The summed E-state index contributed by atoms with van der Waals surface area (Å²) >= 11 is 0. The first kappa shape index (κ1) is 13.9. The number of amides is 2. The van der Waals surface area contributed by atoms with Gasteiger partial charge in [-0.3, -0.25) is 9.59 Å². The second kappa shape index (κ2) is 6.05. The lowest BCUT2D eigenvalue weighted by atomic mass is 10.2. The van der Waals surface area contributed by atoms with Gasteiger partial charge in [0.2, 0.25) is 11.8 Å². The standard InChI is InChI=1S/C13H14N2O5/c16-11-6-5-9(14-11)13(19)15-8-3-1-2-4-10(8)20-7-12(17)18/h1-4,9H,5-7H2,(H,14,16)(H,15,19)(H,17,18)/t9-/m0/s1. The number of nitrogens with one attached hydrogen (secondary N) is 2. The van der Waals surface area contributed by atoms with Crippen molar-refractivity contribution in [3.8, 4) is 5.75 Å². The van der Waals surface area contributed by atoms with Crippen molar-refractivity contribution in [2.24, 2.45) is 0 Å². The van der Waals surface area contributed by atoms with Crippen molar-refractivity contribution in [3.63, 3.8) is 0 Å². The van der Waals surface area contributed by atoms with E-state index in [1.807, 2.05) is 0 Å². The molecule has 7 heteroatoms. The molecule has 0 bridgehead atoms. The fourth-order valence-corrected chi connectivity index (χ4v) is 1.87. The van der Waals surface area contributed by atoms with Crippen LogP contribution in [0.4, 0.5) is 5.69 Å². The van der Waals surface area contributed by atoms with Gasteiger partial charge in [0.05, 0.1) is 5.69 Å². The second-order valence-electron chi connectivity index (χ2n) is 4.33. The molecule has 106 valence electrons. The lowest BCUT2D eigenvalue weighted by Crippen LogP contribution is -2.37. The molecule has 1 aliphatic heterocycles. The van der Waals surface area contributed by atoms with Gasteiger partial charge in [0.25, 0.3) is 0 Å². The highest BCUT2D eigenvalue weighted by atomic mass is 16.5. The average molecular weight is 278 g/mol. The van der Waals surface area contributed by atoms with Crippen LogP contribution in [-0.4, -0.2) is 35.5 Å². The Morgan fingerprint density at radius 3 is 2.80 bits per heavy atom. The van der Waals surface area contributed by atoms with Crippen LogP contribution in [-0.2, 0) is 14.4 Å². The van der Waals surface area contributed by atoms with Gasteiger partial charge < -0.3 is 20.5 Å². The fraction of sp³-hybridized carbons (Fsp3) is 0.308. The summed E-state index contributed by atoms with van der Waals surface area (Å²) in [6.07, 6.45) is 0.776. The molecule has 0 aromatic heterocycles. The maximum Gasteiger partial charge on any atom is 0.341 e. The van der Waals surface area contributed by atoms with E-state index in [1.165, 1.54) is 0 Å². The molecular weight excluding hydrogens is 264 g/mol. The number of carboxylic acid groups (broad SMARTS) is 1. The number of carbonyl (C=O) groups excluding carboxylic acids is 2. The first-order valence-electron chi connectivity index (χ1n) is 6.10. The Hall–Kier alpha value is -2.57. The minimum atomic E-state index is -1.10. The Morgan fingerprint density at radius 2 is 2.15 bits per heavy atom. The second-order valence-corrected chi connectivity index (χ2v) is 4.33. The number of rotatable bonds is 5. The van der Waals surface area contributed by atoms with Gasteiger partial charge in [-0.05, 0) is 18.6 Å². The molecule has 1 heterocycles. The number of benzene rings is 1. The molecule has 0 saturated carbocycles. The van der Waals surface area contributed by atoms with Crippen molar-refractivity contribution in [3.05, 3.63) is 24.3 Å². The molecule has 20 heavy (non-hydrogen) atoms. The summed E-state index contributed by atoms with van der Waals surface area (Å²) in [5.74, 6) is -1.33. The largest absolute Gasteiger partial charge is 0.480 e. The summed E-state index contributed by atoms with van der Waals surface area (Å²) in [5, 5.41) is 13.8. The van der Waals surface area contributed by atoms with Crippen LogP contribution in [0.15, 0.2) is 24.3 Å². The molecule has 1 saturated heterocycles. The number of carboxylic acids is 1. The number of carbonyl (C=O) groups is 3. The average Bonchev–Trinajstić information content (AvgIpc) is 2.84. The van der Waals surface area contributed by atoms with Crippen molar-refractivity contribution in [2.75, 3.05) is 11.9 Å². The third-order valence-electron chi connectivity index (χ3n) is 2.81. The first-order chi connectivity index (χ1) is 9.56. The van der Waals surface area contributed by atoms with Crippen LogP contribution in [0.3, 0.4) is 0 Å². The molecule has 0 spiro atoms. The molecule has 3 N–H and O–H groups in total. The van der Waals surface area contributed by atoms with E-state index in [2.05, 4.69) is 10.6 Å². The van der Waals surface area contributed by atoms with Crippen molar-refractivity contribution < 1.29 is 24.2 Å². The van der Waals surface area contributed by atoms with E-state index in [0.717, 1.165) is 0 Å². The molecule has 1 aromatic carbocycles. The number of anilines is 1. The van der Waals surface area contributed by atoms with Crippen LogP contribution in [0.5, 0.6) is 5.75 Å². The third-order valence-corrected chi connectivity index (χ3v) is 2.81. The highest BCUT2D eigenvalue weighted by Crippen LogP contribution is 2.24. The molecule has 1 aliphatic rings. The third kappa shape index (κ3) is 3.47. The predicted molar refractivity (Wildman–Crippen MR) is 69.4 cm³/mol. The van der Waals surface area contributed by atoms with E-state index in [0.29, 0.717) is 18.5 Å². The summed E-state index contributed by atoms with van der Waals surface area (Å²) < 4.78 is 5.08. The van der Waals surface area contributed by atoms with Crippen LogP contribution in [0.1, 0.15) is 12.8 Å². The minimum Gasteiger partial charge on any atom is -0.480 e. The number of hydrogen-bond acceptors (Lipinski definition) is 4. The molecule has 0 radical (unpaired) electrons. The first-order valence-corrected chi connectivity index (χ1v) is 6.10. The van der Waals surface area contributed by atoms with Crippen LogP contribution < -0.4 is 15.4 Å². The van der Waals surface area contributed by atoms with Crippen molar-refractivity contribution in [2.45, 2.75) is 18.9 Å². The molecule has 7 nitrogen and oxygen atoms in total. The monoisotopic (exact) mass is 278 g/mol. The van der Waals surface area contributed by atoms with Crippen LogP contribution >= 0.6 is 0 Å². The fourth-order valence-electron chi connectivity index (χ4n) is 1.87. The summed E-state index contributed by atoms with van der Waals surface area (Å²) in [7, 11) is 0. The molecule has 1 atom stereocenters. The van der Waals surface area contributed by atoms with Crippen LogP contribution in [0.2, 0.25) is 0 Å². The van der Waals surface area contributed by atoms with Crippen molar-refractivity contribution in [1.29, 1.82) is 0 Å². The van der Waals surface area contributed by atoms with E-state index < -0.39 is 18.6 Å². The molecule has 1 aromatic rings. The molecule has 2 amide bonds. The van der Waals surface area contributed by atoms with E-state index in [1.54, 1.807) is 24.3 Å². The maximum absolute atomic E-state index is 12.0. The zero-order valence-electron chi connectivity index (χ0n) is 10.6. The lowest BCUT2D eigenvalue weighted by molar-refractivity contribution is -0.139. The summed E-state index contributed by atoms with van der Waals surface area (Å²) in [4.78, 5) is 33.5. The molecule has 0 aliphatic carbocycles. The normalized spacial score (nSPS) is 17.4. The van der Waals surface area contributed by atoms with Gasteiger partial charge in [-0.2, -0.15) is 0 Å². The van der Waals surface area contributed by atoms with E-state index in [9.17, 15) is 14.4 Å². The molecular formula is C13H14N2O5. The quantitative estimate of drug-likeness (QED) is 0.721. The highest BCUT2D eigenvalue weighted by molar-refractivity contribution is 5.99. The van der Waals surface area contributed by atoms with Gasteiger partial charge in [0, 0.05) is 6.42 Å². The van der Waals surface area contributed by atoms with E-state index in [-0.39, 0.29) is 17.6 Å². The van der Waals surface area contributed by atoms with Gasteiger partial charge >= 0.3 is 5.97 Å². The Morgan fingerprint density at radius 1 is 1.40 bits per heavy atom. The summed E-state index contributed by atoms with van der Waals surface area (Å²) in [6.45, 7) is -0.493. The van der Waals surface area contributed by atoms with Gasteiger partial charge in [-0.25, -0.2) is 4.79 Å². The Labute approximate surface area is 114 Å². The van der Waals surface area contributed by atoms with Gasteiger partial charge in [0.15, 0.2) is 6.61 Å². The van der Waals surface area contributed by atoms with E-state index in [4.69, 9.17) is 9.84 Å². The summed E-state index contributed by atoms with van der Waals surface area (Å²) in [5.41, 5.74) is 0.375. The van der Waals surface area contributed by atoms with Crippen LogP contribution in [0, 0.1) is 0 Å². The number of ether oxygens (including phenoxy) is 1. The van der Waals surface area contributed by atoms with Crippen molar-refractivity contribution >= 4 is 23.5 Å². The molecule has 0 unspecified atom stereocenters. The highest BCUT2D eigenvalue weighted by Gasteiger charge is 2.27. The molecule has 1 fully saturated rings.